The quantitative estimate of drug-likeness (QED) is 0.0529. The van der Waals surface area contributed by atoms with Crippen molar-refractivity contribution in [2.75, 3.05) is 22.1 Å². The number of amides is 2. The SMILES string of the molecule is Cc1cc(=O)[nH]c(SCC(=O)Nc2ccc(/C=C/c3ccc(NC(=O)CSc4nc(C)cc(=O)[nH]4)cc3S(=O)(=O)O)c(S(=O)(=O)O)c2)n1. The smallest absolute Gasteiger partial charge is 0.295 e. The third kappa shape index (κ3) is 10.5. The first-order chi connectivity index (χ1) is 22.5. The van der Waals surface area contributed by atoms with Crippen molar-refractivity contribution in [3.05, 3.63) is 91.8 Å². The molecule has 0 unspecified atom stereocenters. The van der Waals surface area contributed by atoms with Crippen LogP contribution in [0.15, 0.2) is 78.2 Å². The summed E-state index contributed by atoms with van der Waals surface area (Å²) in [7, 11) is -9.70. The summed E-state index contributed by atoms with van der Waals surface area (Å²) in [6.07, 6.45) is 2.33. The van der Waals surface area contributed by atoms with E-state index in [-0.39, 0.29) is 55.4 Å². The summed E-state index contributed by atoms with van der Waals surface area (Å²) < 4.78 is 68.5. The molecule has 0 spiro atoms. The maximum Gasteiger partial charge on any atom is 0.295 e. The Morgan fingerprint density at radius 1 is 0.708 bits per heavy atom. The van der Waals surface area contributed by atoms with Crippen molar-refractivity contribution in [1.82, 2.24) is 19.9 Å². The van der Waals surface area contributed by atoms with E-state index >= 15 is 0 Å². The van der Waals surface area contributed by atoms with Gasteiger partial charge in [-0.25, -0.2) is 9.97 Å². The number of carbonyl (C=O) groups is 2. The van der Waals surface area contributed by atoms with Crippen molar-refractivity contribution < 1.29 is 35.5 Å². The molecule has 2 heterocycles. The van der Waals surface area contributed by atoms with E-state index in [9.17, 15) is 45.1 Å². The van der Waals surface area contributed by atoms with Crippen LogP contribution in [0.1, 0.15) is 22.5 Å². The molecule has 0 saturated carbocycles. The van der Waals surface area contributed by atoms with Crippen LogP contribution in [-0.2, 0) is 29.8 Å². The number of hydrogen-bond donors (Lipinski definition) is 6. The van der Waals surface area contributed by atoms with Gasteiger partial charge in [-0.3, -0.25) is 28.3 Å². The molecule has 4 rings (SSSR count). The molecule has 16 nitrogen and oxygen atoms in total. The van der Waals surface area contributed by atoms with Gasteiger partial charge >= 0.3 is 0 Å². The number of aromatic nitrogens is 4. The lowest BCUT2D eigenvalue weighted by molar-refractivity contribution is -0.114. The Morgan fingerprint density at radius 3 is 1.42 bits per heavy atom. The monoisotopic (exact) mass is 734 g/mol. The summed E-state index contributed by atoms with van der Waals surface area (Å²) in [6, 6.07) is 9.73. The Kier molecular flexibility index (Phi) is 11.4. The molecule has 0 aliphatic rings. The number of rotatable bonds is 12. The van der Waals surface area contributed by atoms with E-state index in [1.807, 2.05) is 0 Å². The predicted octanol–water partition coefficient (Wildman–Crippen LogP) is 2.60. The van der Waals surface area contributed by atoms with Crippen molar-refractivity contribution >= 4 is 79.1 Å². The van der Waals surface area contributed by atoms with Crippen LogP contribution in [0.3, 0.4) is 0 Å². The van der Waals surface area contributed by atoms with E-state index in [4.69, 9.17) is 0 Å². The number of hydrogen-bond acceptors (Lipinski definition) is 12. The number of nitrogens with one attached hydrogen (secondary N) is 4. The van der Waals surface area contributed by atoms with E-state index in [1.165, 1.54) is 48.6 Å². The standard InChI is InChI=1S/C28H26N6O10S4/c1-15-9-23(35)33-27(29-15)45-13-25(37)31-19-7-5-17(21(11-19)47(39,40)41)3-4-18-6-8-20(12-22(18)48(42,43)44)32-26(38)14-46-28-30-16(2)10-24(36)34-28/h3-12H,13-14H2,1-2H3,(H,31,37)(H,32,38)(H,29,33,35)(H,30,34,36)(H,39,40,41)(H,42,43,44)/b4-3+. The lowest BCUT2D eigenvalue weighted by atomic mass is 10.1. The first-order valence-corrected chi connectivity index (χ1v) is 18.2. The highest BCUT2D eigenvalue weighted by atomic mass is 32.2. The van der Waals surface area contributed by atoms with Gasteiger partial charge in [0.2, 0.25) is 11.8 Å². The minimum Gasteiger partial charge on any atom is -0.325 e. The number of benzene rings is 2. The molecule has 0 fully saturated rings. The number of aromatic amines is 2. The summed E-state index contributed by atoms with van der Waals surface area (Å²) in [5.41, 5.74) is -0.0289. The molecule has 2 aromatic carbocycles. The van der Waals surface area contributed by atoms with Crippen LogP contribution in [0.4, 0.5) is 11.4 Å². The topological polar surface area (TPSA) is 258 Å². The zero-order chi connectivity index (χ0) is 35.2. The van der Waals surface area contributed by atoms with Gasteiger partial charge in [-0.05, 0) is 49.2 Å². The third-order valence-electron chi connectivity index (χ3n) is 5.97. The Bertz CT molecular complexity index is 2110. The first-order valence-electron chi connectivity index (χ1n) is 13.4. The van der Waals surface area contributed by atoms with Crippen LogP contribution in [-0.4, -0.2) is 69.2 Å². The first kappa shape index (κ1) is 36.2. The van der Waals surface area contributed by atoms with Crippen LogP contribution in [0, 0.1) is 13.8 Å². The van der Waals surface area contributed by atoms with Gasteiger partial charge in [-0.2, -0.15) is 16.8 Å². The van der Waals surface area contributed by atoms with Gasteiger partial charge in [0.25, 0.3) is 31.4 Å². The van der Waals surface area contributed by atoms with Crippen LogP contribution in [0.2, 0.25) is 0 Å². The fraction of sp³-hybridized carbons (Fsp3) is 0.143. The van der Waals surface area contributed by atoms with Crippen LogP contribution >= 0.6 is 23.5 Å². The second kappa shape index (κ2) is 15.1. The van der Waals surface area contributed by atoms with Crippen molar-refractivity contribution in [3.8, 4) is 0 Å². The van der Waals surface area contributed by atoms with Crippen LogP contribution in [0.5, 0.6) is 0 Å². The molecule has 0 aliphatic heterocycles. The van der Waals surface area contributed by atoms with E-state index < -0.39 is 41.8 Å². The fourth-order valence-corrected chi connectivity index (χ4v) is 6.89. The Morgan fingerprint density at radius 2 is 1.08 bits per heavy atom. The summed E-state index contributed by atoms with van der Waals surface area (Å²) in [5, 5.41) is 5.39. The van der Waals surface area contributed by atoms with Crippen LogP contribution < -0.4 is 21.8 Å². The maximum atomic E-state index is 12.5. The summed E-state index contributed by atoms with van der Waals surface area (Å²) in [5.74, 6) is -1.51. The highest BCUT2D eigenvalue weighted by Gasteiger charge is 2.19. The second-order valence-corrected chi connectivity index (χ2v) is 14.6. The van der Waals surface area contributed by atoms with Crippen LogP contribution in [0.25, 0.3) is 12.2 Å². The molecular formula is C28H26N6O10S4. The molecule has 2 amide bonds. The van der Waals surface area contributed by atoms with E-state index in [1.54, 1.807) is 13.8 Å². The fourth-order valence-electron chi connectivity index (χ4n) is 4.03. The number of nitrogens with zero attached hydrogens (tertiary/aromatic N) is 2. The lowest BCUT2D eigenvalue weighted by Gasteiger charge is -2.10. The molecule has 0 aliphatic carbocycles. The van der Waals surface area contributed by atoms with Crippen molar-refractivity contribution in [2.45, 2.75) is 34.0 Å². The molecule has 2 aromatic heterocycles. The average Bonchev–Trinajstić information content (AvgIpc) is 2.97. The zero-order valence-electron chi connectivity index (χ0n) is 24.9. The van der Waals surface area contributed by atoms with Gasteiger partial charge in [-0.1, -0.05) is 47.8 Å². The molecule has 0 saturated heterocycles. The number of anilines is 2. The molecule has 0 bridgehead atoms. The number of carbonyl (C=O) groups excluding carboxylic acids is 2. The lowest BCUT2D eigenvalue weighted by Crippen LogP contribution is -2.16. The summed E-state index contributed by atoms with van der Waals surface area (Å²) in [6.45, 7) is 3.23. The van der Waals surface area contributed by atoms with Gasteiger partial charge in [0.1, 0.15) is 9.79 Å². The predicted molar refractivity (Wildman–Crippen MR) is 179 cm³/mol. The highest BCUT2D eigenvalue weighted by Crippen LogP contribution is 2.27. The number of thioether (sulfide) groups is 2. The minimum absolute atomic E-state index is 0.0116. The number of H-pyrrole nitrogens is 2. The van der Waals surface area contributed by atoms with Gasteiger partial charge in [0.05, 0.1) is 11.5 Å². The van der Waals surface area contributed by atoms with Crippen molar-refractivity contribution in [3.63, 3.8) is 0 Å². The number of aryl methyl sites for hydroxylation is 2. The summed E-state index contributed by atoms with van der Waals surface area (Å²) >= 11 is 1.88. The molecule has 252 valence electrons. The largest absolute Gasteiger partial charge is 0.325 e. The Balaban J connectivity index is 1.50. The second-order valence-electron chi connectivity index (χ2n) is 9.85. The van der Waals surface area contributed by atoms with Crippen molar-refractivity contribution in [1.29, 1.82) is 0 Å². The van der Waals surface area contributed by atoms with Gasteiger partial charge in [0.15, 0.2) is 10.3 Å². The van der Waals surface area contributed by atoms with Crippen molar-refractivity contribution in [2.24, 2.45) is 0 Å². The minimum atomic E-state index is -4.85. The molecular weight excluding hydrogens is 709 g/mol. The Hall–Kier alpha value is -4.60. The van der Waals surface area contributed by atoms with Gasteiger partial charge < -0.3 is 20.6 Å². The van der Waals surface area contributed by atoms with E-state index in [2.05, 4.69) is 30.6 Å². The molecule has 0 radical (unpaired) electrons. The summed E-state index contributed by atoms with van der Waals surface area (Å²) in [4.78, 5) is 60.0. The molecule has 6 N–H and O–H groups in total. The molecule has 20 heteroatoms. The van der Waals surface area contributed by atoms with E-state index in [0.717, 1.165) is 35.7 Å². The van der Waals surface area contributed by atoms with E-state index in [0.29, 0.717) is 11.4 Å². The maximum absolute atomic E-state index is 12.5. The molecule has 48 heavy (non-hydrogen) atoms. The third-order valence-corrected chi connectivity index (χ3v) is 9.53. The average molecular weight is 735 g/mol. The Labute approximate surface area is 281 Å². The van der Waals surface area contributed by atoms with Gasteiger partial charge in [0, 0.05) is 34.9 Å². The molecule has 4 aromatic rings. The highest BCUT2D eigenvalue weighted by molar-refractivity contribution is 8.00. The molecule has 0 atom stereocenters. The van der Waals surface area contributed by atoms with Gasteiger partial charge in [-0.15, -0.1) is 0 Å². The zero-order valence-corrected chi connectivity index (χ0v) is 28.1. The normalized spacial score (nSPS) is 11.8.